The van der Waals surface area contributed by atoms with E-state index in [4.69, 9.17) is 11.6 Å². The molecule has 0 unspecified atom stereocenters. The van der Waals surface area contributed by atoms with E-state index in [2.05, 4.69) is 25.3 Å². The summed E-state index contributed by atoms with van der Waals surface area (Å²) in [5.41, 5.74) is 0.866. The zero-order valence-corrected chi connectivity index (χ0v) is 19.3. The minimum Gasteiger partial charge on any atom is -0.352 e. The molecule has 0 bridgehead atoms. The Balaban J connectivity index is 0.000000291. The standard InChI is InChI=1S/C16H14N6O3S.C6H4ClF/c1-17-16(25)14-19-13(9-6-18-11(23)7-22(9)14)20-15(24)12-8-4-2-3-5-10(8)26-21-12;7-5-2-1-3-6(8)4-5/h2-5H,6-7H2,1H3,(H,17,25)(H,18,23)(H,20,24);1-4H. The predicted molar refractivity (Wildman–Crippen MR) is 126 cm³/mol. The zero-order chi connectivity index (χ0) is 24.2. The van der Waals surface area contributed by atoms with E-state index in [1.807, 2.05) is 24.3 Å². The van der Waals surface area contributed by atoms with Crippen LogP contribution in [0, 0.1) is 5.82 Å². The maximum Gasteiger partial charge on any atom is 0.287 e. The molecule has 174 valence electrons. The molecule has 34 heavy (non-hydrogen) atoms. The highest BCUT2D eigenvalue weighted by atomic mass is 35.5. The fraction of sp³-hybridized carbons (Fsp3) is 0.136. The number of amides is 3. The summed E-state index contributed by atoms with van der Waals surface area (Å²) in [6.07, 6.45) is 0. The van der Waals surface area contributed by atoms with Gasteiger partial charge in [0.1, 0.15) is 18.1 Å². The summed E-state index contributed by atoms with van der Waals surface area (Å²) in [4.78, 5) is 40.6. The molecule has 4 aromatic rings. The van der Waals surface area contributed by atoms with Gasteiger partial charge in [-0.15, -0.1) is 0 Å². The Bertz CT molecular complexity index is 1390. The molecule has 1 aliphatic heterocycles. The maximum atomic E-state index is 12.7. The maximum absolute atomic E-state index is 12.7. The molecule has 0 atom stereocenters. The number of anilines is 1. The number of aromatic nitrogens is 3. The summed E-state index contributed by atoms with van der Waals surface area (Å²) in [6, 6.07) is 13.3. The third-order valence-corrected chi connectivity index (χ3v) is 5.93. The number of carbonyl (C=O) groups is 3. The molecular formula is C22H18ClFN6O3S. The van der Waals surface area contributed by atoms with Crippen LogP contribution >= 0.6 is 23.1 Å². The van der Waals surface area contributed by atoms with Crippen molar-refractivity contribution in [2.45, 2.75) is 13.1 Å². The smallest absolute Gasteiger partial charge is 0.287 e. The molecule has 9 nitrogen and oxygen atoms in total. The minimum absolute atomic E-state index is 0.0272. The second-order valence-electron chi connectivity index (χ2n) is 7.09. The van der Waals surface area contributed by atoms with Crippen molar-refractivity contribution < 1.29 is 18.8 Å². The van der Waals surface area contributed by atoms with E-state index in [0.29, 0.717) is 16.4 Å². The van der Waals surface area contributed by atoms with Gasteiger partial charge in [0.25, 0.3) is 11.8 Å². The van der Waals surface area contributed by atoms with Crippen molar-refractivity contribution in [1.29, 1.82) is 0 Å². The van der Waals surface area contributed by atoms with Gasteiger partial charge in [-0.3, -0.25) is 14.4 Å². The molecule has 3 N–H and O–H groups in total. The fourth-order valence-electron chi connectivity index (χ4n) is 3.28. The normalized spacial score (nSPS) is 12.3. The molecule has 0 aliphatic carbocycles. The quantitative estimate of drug-likeness (QED) is 0.399. The number of halogens is 2. The van der Waals surface area contributed by atoms with Crippen molar-refractivity contribution in [3.8, 4) is 0 Å². The minimum atomic E-state index is -0.430. The molecule has 2 aromatic carbocycles. The van der Waals surface area contributed by atoms with E-state index in [1.165, 1.54) is 35.3 Å². The monoisotopic (exact) mass is 500 g/mol. The lowest BCUT2D eigenvalue weighted by Crippen LogP contribution is -2.36. The molecular weight excluding hydrogens is 483 g/mol. The molecule has 0 radical (unpaired) electrons. The van der Waals surface area contributed by atoms with Crippen molar-refractivity contribution in [2.75, 3.05) is 12.4 Å². The van der Waals surface area contributed by atoms with Crippen molar-refractivity contribution in [1.82, 2.24) is 24.6 Å². The highest BCUT2D eigenvalue weighted by molar-refractivity contribution is 7.13. The van der Waals surface area contributed by atoms with Gasteiger partial charge in [0, 0.05) is 17.5 Å². The average molecular weight is 501 g/mol. The molecule has 3 heterocycles. The van der Waals surface area contributed by atoms with Crippen LogP contribution in [0.3, 0.4) is 0 Å². The van der Waals surface area contributed by atoms with Crippen LogP contribution in [0.5, 0.6) is 0 Å². The summed E-state index contributed by atoms with van der Waals surface area (Å²) in [7, 11) is 1.48. The average Bonchev–Trinajstić information content (AvgIpc) is 3.40. The van der Waals surface area contributed by atoms with Gasteiger partial charge in [0.15, 0.2) is 5.82 Å². The van der Waals surface area contributed by atoms with Crippen LogP contribution in [0.2, 0.25) is 5.02 Å². The number of hydrogen-bond donors (Lipinski definition) is 3. The van der Waals surface area contributed by atoms with Crippen LogP contribution in [0.4, 0.5) is 10.2 Å². The predicted octanol–water partition coefficient (Wildman–Crippen LogP) is 3.21. The van der Waals surface area contributed by atoms with Crippen LogP contribution in [0.25, 0.3) is 10.1 Å². The lowest BCUT2D eigenvalue weighted by molar-refractivity contribution is -0.122. The number of nitrogens with one attached hydrogen (secondary N) is 3. The first kappa shape index (κ1) is 23.3. The topological polar surface area (TPSA) is 118 Å². The van der Waals surface area contributed by atoms with E-state index in [9.17, 15) is 18.8 Å². The van der Waals surface area contributed by atoms with Gasteiger partial charge >= 0.3 is 0 Å². The first-order valence-electron chi connectivity index (χ1n) is 10.0. The van der Waals surface area contributed by atoms with Gasteiger partial charge in [-0.2, -0.15) is 4.37 Å². The Hall–Kier alpha value is -3.83. The summed E-state index contributed by atoms with van der Waals surface area (Å²) in [6.45, 7) is 0.150. The Morgan fingerprint density at radius 3 is 2.68 bits per heavy atom. The summed E-state index contributed by atoms with van der Waals surface area (Å²) in [5, 5.41) is 9.09. The van der Waals surface area contributed by atoms with Crippen LogP contribution in [-0.2, 0) is 17.9 Å². The SMILES string of the molecule is CNC(=O)c1nc(NC(=O)c2nsc3ccccc23)c2n1CC(=O)NC2.Fc1cccc(Cl)c1. The highest BCUT2D eigenvalue weighted by Crippen LogP contribution is 2.25. The summed E-state index contributed by atoms with van der Waals surface area (Å²) < 4.78 is 18.7. The molecule has 5 rings (SSSR count). The number of rotatable bonds is 3. The number of nitrogens with zero attached hydrogens (tertiary/aromatic N) is 3. The van der Waals surface area contributed by atoms with Crippen LogP contribution < -0.4 is 16.0 Å². The molecule has 0 spiro atoms. The third-order valence-electron chi connectivity index (χ3n) is 4.87. The molecule has 0 saturated carbocycles. The molecule has 0 fully saturated rings. The molecule has 2 aromatic heterocycles. The number of benzene rings is 2. The van der Waals surface area contributed by atoms with Crippen LogP contribution in [0.15, 0.2) is 48.5 Å². The molecule has 0 saturated heterocycles. The van der Waals surface area contributed by atoms with Gasteiger partial charge in [0.05, 0.1) is 16.9 Å². The number of fused-ring (bicyclic) bond motifs is 2. The third kappa shape index (κ3) is 4.90. The first-order chi connectivity index (χ1) is 16.4. The second kappa shape index (κ2) is 9.98. The summed E-state index contributed by atoms with van der Waals surface area (Å²) in [5.74, 6) is -1.04. The van der Waals surface area contributed by atoms with Crippen molar-refractivity contribution in [3.05, 3.63) is 76.6 Å². The lowest BCUT2D eigenvalue weighted by Gasteiger charge is -2.17. The number of carbonyl (C=O) groups excluding carboxylic acids is 3. The highest BCUT2D eigenvalue weighted by Gasteiger charge is 2.28. The number of imidazole rings is 1. The van der Waals surface area contributed by atoms with E-state index < -0.39 is 11.8 Å². The van der Waals surface area contributed by atoms with E-state index >= 15 is 0 Å². The first-order valence-corrected chi connectivity index (χ1v) is 11.2. The van der Waals surface area contributed by atoms with E-state index in [1.54, 1.807) is 12.1 Å². The Kier molecular flexibility index (Phi) is 6.85. The van der Waals surface area contributed by atoms with Crippen LogP contribution in [0.1, 0.15) is 26.8 Å². The fourth-order valence-corrected chi connectivity index (χ4v) is 4.23. The van der Waals surface area contributed by atoms with Crippen molar-refractivity contribution >= 4 is 56.8 Å². The summed E-state index contributed by atoms with van der Waals surface area (Å²) >= 11 is 6.64. The Labute approximate surface area is 202 Å². The van der Waals surface area contributed by atoms with E-state index in [0.717, 1.165) is 10.1 Å². The van der Waals surface area contributed by atoms with E-state index in [-0.39, 0.29) is 36.5 Å². The van der Waals surface area contributed by atoms with Crippen LogP contribution in [-0.4, -0.2) is 38.7 Å². The van der Waals surface area contributed by atoms with Gasteiger partial charge < -0.3 is 20.5 Å². The number of hydrogen-bond acceptors (Lipinski definition) is 6. The Morgan fingerprint density at radius 1 is 1.18 bits per heavy atom. The van der Waals surface area contributed by atoms with Gasteiger partial charge in [0.2, 0.25) is 11.7 Å². The van der Waals surface area contributed by atoms with Gasteiger partial charge in [-0.1, -0.05) is 35.9 Å². The largest absolute Gasteiger partial charge is 0.352 e. The lowest BCUT2D eigenvalue weighted by atomic mass is 10.2. The molecule has 1 aliphatic rings. The van der Waals surface area contributed by atoms with Crippen molar-refractivity contribution in [2.24, 2.45) is 0 Å². The zero-order valence-electron chi connectivity index (χ0n) is 17.8. The molecule has 3 amide bonds. The van der Waals surface area contributed by atoms with Gasteiger partial charge in [-0.05, 0) is 35.8 Å². The van der Waals surface area contributed by atoms with Crippen molar-refractivity contribution in [3.63, 3.8) is 0 Å². The second-order valence-corrected chi connectivity index (χ2v) is 8.34. The van der Waals surface area contributed by atoms with Gasteiger partial charge in [-0.25, -0.2) is 9.37 Å². The Morgan fingerprint density at radius 2 is 1.97 bits per heavy atom. The molecule has 12 heteroatoms.